The molecule has 2 rings (SSSR count). The quantitative estimate of drug-likeness (QED) is 0.669. The molecule has 112 valence electrons. The summed E-state index contributed by atoms with van der Waals surface area (Å²) in [6.07, 6.45) is 1.28. The average Bonchev–Trinajstić information content (AvgIpc) is 2.84. The molecule has 0 bridgehead atoms. The summed E-state index contributed by atoms with van der Waals surface area (Å²) < 4.78 is 5.18. The first-order chi connectivity index (χ1) is 9.76. The Morgan fingerprint density at radius 1 is 1.43 bits per heavy atom. The van der Waals surface area contributed by atoms with Crippen molar-refractivity contribution in [2.24, 2.45) is 5.73 Å². The molecule has 0 aliphatic carbocycles. The van der Waals surface area contributed by atoms with E-state index in [1.165, 1.54) is 12.1 Å². The van der Waals surface area contributed by atoms with Gasteiger partial charge in [-0.25, -0.2) is 0 Å². The van der Waals surface area contributed by atoms with Crippen molar-refractivity contribution >= 4 is 5.69 Å². The van der Waals surface area contributed by atoms with Crippen LogP contribution in [0.1, 0.15) is 31.7 Å². The van der Waals surface area contributed by atoms with Gasteiger partial charge in [0, 0.05) is 29.7 Å². The van der Waals surface area contributed by atoms with Gasteiger partial charge < -0.3 is 10.3 Å². The van der Waals surface area contributed by atoms with Gasteiger partial charge in [-0.3, -0.25) is 10.1 Å². The molecular formula is C14H18N4O3. The summed E-state index contributed by atoms with van der Waals surface area (Å²) >= 11 is 0. The van der Waals surface area contributed by atoms with Gasteiger partial charge in [-0.05, 0) is 32.8 Å². The minimum atomic E-state index is -0.444. The zero-order valence-electron chi connectivity index (χ0n) is 12.3. The van der Waals surface area contributed by atoms with Gasteiger partial charge in [-0.2, -0.15) is 4.98 Å². The van der Waals surface area contributed by atoms with Crippen molar-refractivity contribution in [1.82, 2.24) is 10.1 Å². The number of rotatable bonds is 5. The van der Waals surface area contributed by atoms with E-state index < -0.39 is 4.92 Å². The van der Waals surface area contributed by atoms with Gasteiger partial charge in [0.15, 0.2) is 0 Å². The van der Waals surface area contributed by atoms with E-state index in [2.05, 4.69) is 10.1 Å². The Labute approximate surface area is 122 Å². The lowest BCUT2D eigenvalue weighted by Crippen LogP contribution is -2.32. The van der Waals surface area contributed by atoms with Crippen LogP contribution in [0.4, 0.5) is 5.69 Å². The number of nitro benzene ring substituents is 1. The smallest absolute Gasteiger partial charge is 0.270 e. The first kappa shape index (κ1) is 15.1. The number of nitrogens with zero attached hydrogens (tertiary/aromatic N) is 3. The van der Waals surface area contributed by atoms with Gasteiger partial charge in [0.2, 0.25) is 11.7 Å². The standard InChI is InChI=1S/C14H18N4O3/c1-9-4-5-10(18(19)20)8-11(9)13-16-12(21-17-13)6-7-14(2,3)15/h4-5,8H,6-7,15H2,1-3H3. The van der Waals surface area contributed by atoms with E-state index >= 15 is 0 Å². The number of nitro groups is 1. The average molecular weight is 290 g/mol. The molecule has 0 unspecified atom stereocenters. The van der Waals surface area contributed by atoms with E-state index in [1.54, 1.807) is 6.07 Å². The van der Waals surface area contributed by atoms with Gasteiger partial charge in [-0.15, -0.1) is 0 Å². The summed E-state index contributed by atoms with van der Waals surface area (Å²) in [5.74, 6) is 0.843. The molecular weight excluding hydrogens is 272 g/mol. The molecule has 0 saturated heterocycles. The van der Waals surface area contributed by atoms with Crippen molar-refractivity contribution in [2.45, 2.75) is 39.2 Å². The number of aromatic nitrogens is 2. The minimum absolute atomic E-state index is 0.00467. The van der Waals surface area contributed by atoms with Gasteiger partial charge in [-0.1, -0.05) is 11.2 Å². The number of nitrogens with two attached hydrogens (primary N) is 1. The van der Waals surface area contributed by atoms with Crippen LogP contribution in [-0.2, 0) is 6.42 Å². The maximum atomic E-state index is 10.8. The van der Waals surface area contributed by atoms with Gasteiger partial charge in [0.1, 0.15) is 0 Å². The molecule has 1 heterocycles. The number of non-ortho nitro benzene ring substituents is 1. The monoisotopic (exact) mass is 290 g/mol. The minimum Gasteiger partial charge on any atom is -0.339 e. The topological polar surface area (TPSA) is 108 Å². The number of benzene rings is 1. The number of hydrogen-bond donors (Lipinski definition) is 1. The number of hydrogen-bond acceptors (Lipinski definition) is 6. The maximum Gasteiger partial charge on any atom is 0.270 e. The molecule has 0 aliphatic rings. The zero-order chi connectivity index (χ0) is 15.6. The van der Waals surface area contributed by atoms with Crippen LogP contribution in [0.2, 0.25) is 0 Å². The molecule has 1 aromatic carbocycles. The highest BCUT2D eigenvalue weighted by Gasteiger charge is 2.17. The molecule has 0 aliphatic heterocycles. The molecule has 1 aromatic heterocycles. The fourth-order valence-electron chi connectivity index (χ4n) is 1.86. The molecule has 7 heteroatoms. The van der Waals surface area contributed by atoms with Gasteiger partial charge >= 0.3 is 0 Å². The predicted octanol–water partition coefficient (Wildman–Crippen LogP) is 2.62. The normalized spacial score (nSPS) is 11.6. The van der Waals surface area contributed by atoms with Crippen LogP contribution >= 0.6 is 0 Å². The number of aryl methyl sites for hydroxylation is 2. The fourth-order valence-corrected chi connectivity index (χ4v) is 1.86. The first-order valence-corrected chi connectivity index (χ1v) is 6.63. The lowest BCUT2D eigenvalue weighted by atomic mass is 10.0. The van der Waals surface area contributed by atoms with Crippen molar-refractivity contribution in [3.05, 3.63) is 39.8 Å². The molecule has 0 spiro atoms. The zero-order valence-corrected chi connectivity index (χ0v) is 12.3. The predicted molar refractivity (Wildman–Crippen MR) is 77.7 cm³/mol. The largest absolute Gasteiger partial charge is 0.339 e. The van der Waals surface area contributed by atoms with E-state index in [4.69, 9.17) is 10.3 Å². The van der Waals surface area contributed by atoms with Gasteiger partial charge in [0.25, 0.3) is 5.69 Å². The van der Waals surface area contributed by atoms with Crippen LogP contribution in [0.25, 0.3) is 11.4 Å². The van der Waals surface area contributed by atoms with Gasteiger partial charge in [0.05, 0.1) is 4.92 Å². The molecule has 21 heavy (non-hydrogen) atoms. The maximum absolute atomic E-state index is 10.8. The van der Waals surface area contributed by atoms with Crippen LogP contribution in [0.3, 0.4) is 0 Å². The van der Waals surface area contributed by atoms with E-state index in [0.29, 0.717) is 30.1 Å². The highest BCUT2D eigenvalue weighted by atomic mass is 16.6. The van der Waals surface area contributed by atoms with Crippen LogP contribution in [0.15, 0.2) is 22.7 Å². The Morgan fingerprint density at radius 3 is 2.76 bits per heavy atom. The van der Waals surface area contributed by atoms with Crippen LogP contribution < -0.4 is 5.73 Å². The van der Waals surface area contributed by atoms with E-state index in [9.17, 15) is 10.1 Å². The highest BCUT2D eigenvalue weighted by molar-refractivity contribution is 5.63. The van der Waals surface area contributed by atoms with Crippen molar-refractivity contribution < 1.29 is 9.45 Å². The third-order valence-corrected chi connectivity index (χ3v) is 3.12. The molecule has 0 atom stereocenters. The molecule has 0 saturated carbocycles. The van der Waals surface area contributed by atoms with E-state index in [1.807, 2.05) is 20.8 Å². The Morgan fingerprint density at radius 2 is 2.14 bits per heavy atom. The van der Waals surface area contributed by atoms with Crippen molar-refractivity contribution in [1.29, 1.82) is 0 Å². The Kier molecular flexibility index (Phi) is 4.04. The second kappa shape index (κ2) is 5.61. The fraction of sp³-hybridized carbons (Fsp3) is 0.429. The Bertz CT molecular complexity index is 658. The van der Waals surface area contributed by atoms with E-state index in [-0.39, 0.29) is 11.2 Å². The van der Waals surface area contributed by atoms with Crippen molar-refractivity contribution in [3.63, 3.8) is 0 Å². The first-order valence-electron chi connectivity index (χ1n) is 6.63. The third kappa shape index (κ3) is 3.85. The molecule has 0 radical (unpaired) electrons. The van der Waals surface area contributed by atoms with Crippen LogP contribution in [0.5, 0.6) is 0 Å². The van der Waals surface area contributed by atoms with Crippen molar-refractivity contribution in [3.8, 4) is 11.4 Å². The van der Waals surface area contributed by atoms with E-state index in [0.717, 1.165) is 5.56 Å². The summed E-state index contributed by atoms with van der Waals surface area (Å²) in [5, 5.41) is 14.7. The molecule has 2 N–H and O–H groups in total. The molecule has 0 amide bonds. The van der Waals surface area contributed by atoms with Crippen LogP contribution in [0, 0.1) is 17.0 Å². The van der Waals surface area contributed by atoms with Crippen LogP contribution in [-0.4, -0.2) is 20.6 Å². The third-order valence-electron chi connectivity index (χ3n) is 3.12. The second-order valence-electron chi connectivity index (χ2n) is 5.76. The molecule has 0 fully saturated rings. The summed E-state index contributed by atoms with van der Waals surface area (Å²) in [5.41, 5.74) is 7.07. The van der Waals surface area contributed by atoms with Crippen molar-refractivity contribution in [2.75, 3.05) is 0 Å². The second-order valence-corrected chi connectivity index (χ2v) is 5.76. The Hall–Kier alpha value is -2.28. The Balaban J connectivity index is 2.25. The summed E-state index contributed by atoms with van der Waals surface area (Å²) in [7, 11) is 0. The highest BCUT2D eigenvalue weighted by Crippen LogP contribution is 2.25. The lowest BCUT2D eigenvalue weighted by Gasteiger charge is -2.16. The molecule has 7 nitrogen and oxygen atoms in total. The summed E-state index contributed by atoms with van der Waals surface area (Å²) in [6.45, 7) is 5.70. The summed E-state index contributed by atoms with van der Waals surface area (Å²) in [6, 6.07) is 4.58. The molecule has 2 aromatic rings. The SMILES string of the molecule is Cc1ccc([N+](=O)[O-])cc1-c1noc(CCC(C)(C)N)n1. The lowest BCUT2D eigenvalue weighted by molar-refractivity contribution is -0.384. The summed E-state index contributed by atoms with van der Waals surface area (Å²) in [4.78, 5) is 14.7.